The zero-order valence-electron chi connectivity index (χ0n) is 21.2. The molecule has 0 N–H and O–H groups in total. The molecule has 3 aromatic carbocycles. The Morgan fingerprint density at radius 3 is 1.66 bits per heavy atom. The maximum Gasteiger partial charge on any atom is 0.186 e. The van der Waals surface area contributed by atoms with Crippen molar-refractivity contribution in [2.24, 2.45) is 5.11 Å². The first-order valence-electron chi connectivity index (χ1n) is 12.4. The highest BCUT2D eigenvalue weighted by Crippen LogP contribution is 2.33. The third kappa shape index (κ3) is 7.21. The quantitative estimate of drug-likeness (QED) is 0.139. The van der Waals surface area contributed by atoms with E-state index < -0.39 is 36.7 Å². The van der Waals surface area contributed by atoms with Crippen LogP contribution in [-0.4, -0.2) is 43.9 Å². The van der Waals surface area contributed by atoms with Crippen LogP contribution < -0.4 is 0 Å². The Morgan fingerprint density at radius 2 is 1.24 bits per heavy atom. The second kappa shape index (κ2) is 14.3. The van der Waals surface area contributed by atoms with Gasteiger partial charge in [-0.05, 0) is 22.2 Å². The third-order valence-electron chi connectivity index (χ3n) is 6.28. The van der Waals surface area contributed by atoms with Crippen LogP contribution in [0, 0.1) is 12.3 Å². The molecular weight excluding hydrogens is 482 g/mol. The normalized spacial score (nSPS) is 23.6. The summed E-state index contributed by atoms with van der Waals surface area (Å²) in [4.78, 5) is 2.93. The fourth-order valence-corrected chi connectivity index (χ4v) is 4.38. The van der Waals surface area contributed by atoms with E-state index in [4.69, 9.17) is 30.1 Å². The lowest BCUT2D eigenvalue weighted by Gasteiger charge is -2.46. The smallest absolute Gasteiger partial charge is 0.186 e. The summed E-state index contributed by atoms with van der Waals surface area (Å²) in [6.45, 7) is 0.880. The van der Waals surface area contributed by atoms with Crippen molar-refractivity contribution < 1.29 is 23.7 Å². The van der Waals surface area contributed by atoms with E-state index in [1.54, 1.807) is 0 Å². The van der Waals surface area contributed by atoms with E-state index >= 15 is 0 Å². The van der Waals surface area contributed by atoms with Gasteiger partial charge in [0.15, 0.2) is 6.29 Å². The van der Waals surface area contributed by atoms with E-state index in [9.17, 15) is 5.53 Å². The molecule has 0 bridgehead atoms. The van der Waals surface area contributed by atoms with Crippen molar-refractivity contribution in [3.8, 4) is 12.3 Å². The van der Waals surface area contributed by atoms with E-state index in [0.717, 1.165) is 16.7 Å². The molecule has 1 heterocycles. The molecule has 1 aliphatic rings. The van der Waals surface area contributed by atoms with E-state index in [1.807, 2.05) is 91.0 Å². The van der Waals surface area contributed by atoms with Gasteiger partial charge in [0.05, 0.1) is 19.8 Å². The van der Waals surface area contributed by atoms with Gasteiger partial charge < -0.3 is 23.7 Å². The third-order valence-corrected chi connectivity index (χ3v) is 6.28. The molecule has 196 valence electrons. The summed E-state index contributed by atoms with van der Waals surface area (Å²) in [7, 11) is 1.53. The number of ether oxygens (including phenoxy) is 5. The van der Waals surface area contributed by atoms with Crippen molar-refractivity contribution in [3.05, 3.63) is 118 Å². The molecule has 38 heavy (non-hydrogen) atoms. The number of methoxy groups -OCH3 is 1. The minimum Gasteiger partial charge on any atom is -0.368 e. The van der Waals surface area contributed by atoms with Gasteiger partial charge in [-0.1, -0.05) is 102 Å². The molecule has 1 fully saturated rings. The second-order valence-corrected chi connectivity index (χ2v) is 8.80. The molecule has 0 radical (unpaired) electrons. The summed E-state index contributed by atoms with van der Waals surface area (Å²) in [6.07, 6.45) is 2.05. The molecule has 0 unspecified atom stereocenters. The monoisotopic (exact) mass is 513 g/mol. The maximum atomic E-state index is 9.18. The highest BCUT2D eigenvalue weighted by molar-refractivity contribution is 5.16. The van der Waals surface area contributed by atoms with Crippen LogP contribution in [0.2, 0.25) is 0 Å². The Kier molecular flexibility index (Phi) is 10.3. The number of rotatable bonds is 12. The fraction of sp³-hybridized carbons (Fsp3) is 0.333. The Labute approximate surface area is 223 Å². The number of benzene rings is 3. The van der Waals surface area contributed by atoms with Crippen LogP contribution in [0.3, 0.4) is 0 Å². The lowest BCUT2D eigenvalue weighted by atomic mass is 9.93. The van der Waals surface area contributed by atoms with E-state index in [0.29, 0.717) is 13.2 Å². The van der Waals surface area contributed by atoms with Crippen molar-refractivity contribution >= 4 is 0 Å². The van der Waals surface area contributed by atoms with Gasteiger partial charge in [0.1, 0.15) is 30.5 Å². The summed E-state index contributed by atoms with van der Waals surface area (Å²) in [5, 5.41) is 3.80. The summed E-state index contributed by atoms with van der Waals surface area (Å²) in [5.41, 5.74) is 12.1. The molecular formula is C30H31N3O5. The minimum atomic E-state index is -0.948. The standard InChI is InChI=1S/C30H31N3O5/c1-3-25(32-33-31)26-27(35-19-22-13-7-4-8-14-22)28(36-20-23-15-9-5-10-16-23)29(30(34-2)38-26)37-21-24-17-11-6-12-18-24/h1,4-18,25-30H,19-21H2,2H3/t25-,26-,27-,28+,29-,30+/m1/s1. The van der Waals surface area contributed by atoms with Gasteiger partial charge in [-0.25, -0.2) is 0 Å². The predicted molar refractivity (Wildman–Crippen MR) is 142 cm³/mol. The van der Waals surface area contributed by atoms with Gasteiger partial charge >= 0.3 is 0 Å². The highest BCUT2D eigenvalue weighted by atomic mass is 16.7. The SMILES string of the molecule is C#C[C@@H](N=[N+]=[N-])[C@H]1O[C@H](OC)[C@H](OCc2ccccc2)[C@@H](OCc2ccccc2)[C@@H]1OCc1ccccc1. The van der Waals surface area contributed by atoms with Crippen LogP contribution in [0.15, 0.2) is 96.1 Å². The lowest BCUT2D eigenvalue weighted by molar-refractivity contribution is -0.318. The number of hydrogen-bond acceptors (Lipinski definition) is 6. The first kappa shape index (κ1) is 27.4. The van der Waals surface area contributed by atoms with Crippen LogP contribution in [-0.2, 0) is 43.5 Å². The molecule has 3 aromatic rings. The molecule has 0 aliphatic carbocycles. The summed E-state index contributed by atoms with van der Waals surface area (Å²) < 4.78 is 31.3. The van der Waals surface area contributed by atoms with Crippen LogP contribution in [0.5, 0.6) is 0 Å². The number of terminal acetylenes is 1. The number of azide groups is 1. The van der Waals surface area contributed by atoms with Crippen molar-refractivity contribution in [3.63, 3.8) is 0 Å². The van der Waals surface area contributed by atoms with Gasteiger partial charge in [-0.15, -0.1) is 6.42 Å². The van der Waals surface area contributed by atoms with Crippen molar-refractivity contribution in [1.29, 1.82) is 0 Å². The fourth-order valence-electron chi connectivity index (χ4n) is 4.38. The summed E-state index contributed by atoms with van der Waals surface area (Å²) >= 11 is 0. The average molecular weight is 514 g/mol. The van der Waals surface area contributed by atoms with Crippen LogP contribution >= 0.6 is 0 Å². The van der Waals surface area contributed by atoms with Gasteiger partial charge in [0.25, 0.3) is 0 Å². The van der Waals surface area contributed by atoms with Crippen LogP contribution in [0.4, 0.5) is 0 Å². The molecule has 0 amide bonds. The molecule has 0 saturated carbocycles. The van der Waals surface area contributed by atoms with Crippen LogP contribution in [0.25, 0.3) is 10.4 Å². The molecule has 6 atom stereocenters. The molecule has 1 aliphatic heterocycles. The maximum absolute atomic E-state index is 9.18. The minimum absolute atomic E-state index is 0.271. The van der Waals surface area contributed by atoms with Gasteiger partial charge in [0, 0.05) is 12.0 Å². The van der Waals surface area contributed by atoms with Crippen molar-refractivity contribution in [2.75, 3.05) is 7.11 Å². The lowest BCUT2D eigenvalue weighted by Crippen LogP contribution is -2.62. The Balaban J connectivity index is 1.66. The van der Waals surface area contributed by atoms with E-state index in [2.05, 4.69) is 15.9 Å². The van der Waals surface area contributed by atoms with Gasteiger partial charge in [-0.3, -0.25) is 0 Å². The summed E-state index contributed by atoms with van der Waals surface area (Å²) in [5.74, 6) is 2.54. The average Bonchev–Trinajstić information content (AvgIpc) is 2.98. The molecule has 0 aromatic heterocycles. The molecule has 4 rings (SSSR count). The number of nitrogens with zero attached hydrogens (tertiary/aromatic N) is 3. The van der Waals surface area contributed by atoms with E-state index in [1.165, 1.54) is 7.11 Å². The molecule has 8 heteroatoms. The second-order valence-electron chi connectivity index (χ2n) is 8.80. The zero-order valence-corrected chi connectivity index (χ0v) is 21.2. The van der Waals surface area contributed by atoms with Crippen molar-refractivity contribution in [2.45, 2.75) is 56.6 Å². The van der Waals surface area contributed by atoms with E-state index in [-0.39, 0.29) is 6.61 Å². The van der Waals surface area contributed by atoms with Gasteiger partial charge in [-0.2, -0.15) is 0 Å². The highest BCUT2D eigenvalue weighted by Gasteiger charge is 2.50. The topological polar surface area (TPSA) is 94.9 Å². The Hall–Kier alpha value is -3.67. The molecule has 0 spiro atoms. The largest absolute Gasteiger partial charge is 0.368 e. The van der Waals surface area contributed by atoms with Gasteiger partial charge in [0.2, 0.25) is 0 Å². The molecule has 1 saturated heterocycles. The first-order chi connectivity index (χ1) is 18.7. The van der Waals surface area contributed by atoms with Crippen molar-refractivity contribution in [1.82, 2.24) is 0 Å². The Morgan fingerprint density at radius 1 is 0.789 bits per heavy atom. The number of hydrogen-bond donors (Lipinski definition) is 0. The Bertz CT molecular complexity index is 1200. The summed E-state index contributed by atoms with van der Waals surface area (Å²) in [6, 6.07) is 28.4. The predicted octanol–water partition coefficient (Wildman–Crippen LogP) is 5.43. The van der Waals surface area contributed by atoms with Crippen LogP contribution in [0.1, 0.15) is 16.7 Å². The molecule has 8 nitrogen and oxygen atoms in total. The zero-order chi connectivity index (χ0) is 26.6. The first-order valence-corrected chi connectivity index (χ1v) is 12.4.